The average Bonchev–Trinajstić information content (AvgIpc) is 2.60. The van der Waals surface area contributed by atoms with E-state index in [2.05, 4.69) is 25.8 Å². The van der Waals surface area contributed by atoms with Crippen molar-refractivity contribution < 1.29 is 5.11 Å². The molecule has 0 saturated carbocycles. The number of hydrogen-bond acceptors (Lipinski definition) is 6. The third-order valence-electron chi connectivity index (χ3n) is 4.87. The third kappa shape index (κ3) is 3.74. The van der Waals surface area contributed by atoms with Gasteiger partial charge in [0.2, 0.25) is 0 Å². The summed E-state index contributed by atoms with van der Waals surface area (Å²) in [5.74, 6) is 5.86. The average molecular weight is 385 g/mol. The zero-order valence-electron chi connectivity index (χ0n) is 17.3. The van der Waals surface area contributed by atoms with Crippen molar-refractivity contribution in [2.45, 2.75) is 48.0 Å². The van der Waals surface area contributed by atoms with Crippen molar-refractivity contribution in [3.8, 4) is 5.88 Å². The lowest BCUT2D eigenvalue weighted by molar-refractivity contribution is -0.275. The SMILES string of the molecule is CC/[N+](N)=c1/c(=O)c(=O)c2nc([O-])c(C)c(/C(C)=C/C(C)CC(C)C)c2c1=O. The van der Waals surface area contributed by atoms with Gasteiger partial charge in [0, 0.05) is 0 Å². The molecule has 0 bridgehead atoms. The molecule has 7 heteroatoms. The van der Waals surface area contributed by atoms with Gasteiger partial charge in [0.05, 0.1) is 5.39 Å². The zero-order valence-corrected chi connectivity index (χ0v) is 17.3. The Labute approximate surface area is 163 Å². The maximum atomic E-state index is 13.1. The predicted molar refractivity (Wildman–Crippen MR) is 109 cm³/mol. The first-order valence-electron chi connectivity index (χ1n) is 9.44. The molecule has 7 nitrogen and oxygen atoms in total. The molecule has 0 aliphatic carbocycles. The first-order valence-corrected chi connectivity index (χ1v) is 9.44. The van der Waals surface area contributed by atoms with E-state index in [4.69, 9.17) is 5.84 Å². The molecule has 0 radical (unpaired) electrons. The first kappa shape index (κ1) is 21.5. The van der Waals surface area contributed by atoms with Gasteiger partial charge in [0.1, 0.15) is 5.52 Å². The van der Waals surface area contributed by atoms with Crippen molar-refractivity contribution in [1.29, 1.82) is 0 Å². The third-order valence-corrected chi connectivity index (χ3v) is 4.87. The van der Waals surface area contributed by atoms with Crippen molar-refractivity contribution in [1.82, 2.24) is 9.67 Å². The smallest absolute Gasteiger partial charge is 0.328 e. The summed E-state index contributed by atoms with van der Waals surface area (Å²) in [5.41, 5.74) is -1.70. The lowest BCUT2D eigenvalue weighted by Gasteiger charge is -2.18. The van der Waals surface area contributed by atoms with Gasteiger partial charge in [-0.3, -0.25) is 19.4 Å². The number of hydrogen-bond donors (Lipinski definition) is 1. The molecule has 1 atom stereocenters. The van der Waals surface area contributed by atoms with Gasteiger partial charge in [0.15, 0.2) is 6.54 Å². The molecule has 1 aromatic heterocycles. The van der Waals surface area contributed by atoms with Crippen LogP contribution in [-0.4, -0.2) is 11.5 Å². The van der Waals surface area contributed by atoms with E-state index in [1.165, 1.54) is 0 Å². The van der Waals surface area contributed by atoms with Crippen LogP contribution >= 0.6 is 0 Å². The molecule has 1 unspecified atom stereocenters. The van der Waals surface area contributed by atoms with E-state index in [1.54, 1.807) is 20.8 Å². The van der Waals surface area contributed by atoms with E-state index >= 15 is 0 Å². The standard InChI is InChI=1S/C21H27N3O4/c1-7-24(22)17-18(25)15-14(12(5)9-11(4)8-10(2)3)13(6)21(28)23-16(15)19(26)20(17)27/h9-11H,7-8H2,1-6H3,(H2-,22,23,25,27,28)/b12-9+. The van der Waals surface area contributed by atoms with Crippen LogP contribution in [0, 0.1) is 18.8 Å². The summed E-state index contributed by atoms with van der Waals surface area (Å²) < 4.78 is 0.968. The number of rotatable bonds is 5. The minimum atomic E-state index is -1.03. The summed E-state index contributed by atoms with van der Waals surface area (Å²) in [6.45, 7) is 11.5. The summed E-state index contributed by atoms with van der Waals surface area (Å²) in [5, 5.41) is 12.0. The Morgan fingerprint density at radius 3 is 2.32 bits per heavy atom. The van der Waals surface area contributed by atoms with Crippen molar-refractivity contribution in [2.24, 2.45) is 17.7 Å². The quantitative estimate of drug-likeness (QED) is 0.343. The van der Waals surface area contributed by atoms with Crippen molar-refractivity contribution >= 4 is 16.5 Å². The summed E-state index contributed by atoms with van der Waals surface area (Å²) in [4.78, 5) is 41.8. The Hall–Kier alpha value is -2.83. The molecule has 0 fully saturated rings. The second-order valence-electron chi connectivity index (χ2n) is 7.72. The fourth-order valence-corrected chi connectivity index (χ4v) is 3.71. The van der Waals surface area contributed by atoms with Crippen molar-refractivity contribution in [3.05, 3.63) is 53.2 Å². The van der Waals surface area contributed by atoms with E-state index in [9.17, 15) is 19.5 Å². The highest BCUT2D eigenvalue weighted by Crippen LogP contribution is 2.29. The molecule has 150 valence electrons. The van der Waals surface area contributed by atoms with Crippen LogP contribution in [0.2, 0.25) is 0 Å². The highest BCUT2D eigenvalue weighted by Gasteiger charge is 2.23. The van der Waals surface area contributed by atoms with E-state index in [-0.39, 0.29) is 34.3 Å². The minimum Gasteiger partial charge on any atom is -0.858 e. The van der Waals surface area contributed by atoms with E-state index in [0.717, 1.165) is 11.1 Å². The molecular weight excluding hydrogens is 358 g/mol. The monoisotopic (exact) mass is 385 g/mol. The van der Waals surface area contributed by atoms with Gasteiger partial charge >= 0.3 is 10.8 Å². The normalized spacial score (nSPS) is 14.6. The molecule has 2 rings (SSSR count). The Morgan fingerprint density at radius 1 is 1.18 bits per heavy atom. The number of pyridine rings is 1. The van der Waals surface area contributed by atoms with Crippen LogP contribution < -0.4 is 37.3 Å². The van der Waals surface area contributed by atoms with Gasteiger partial charge in [-0.15, -0.1) is 4.68 Å². The highest BCUT2D eigenvalue weighted by atomic mass is 16.3. The van der Waals surface area contributed by atoms with Crippen LogP contribution in [0.4, 0.5) is 0 Å². The van der Waals surface area contributed by atoms with E-state index < -0.39 is 22.2 Å². The molecule has 0 amide bonds. The fraction of sp³-hybridized carbons (Fsp3) is 0.476. The van der Waals surface area contributed by atoms with Crippen LogP contribution in [0.25, 0.3) is 16.5 Å². The number of hydrazine groups is 1. The second kappa shape index (κ2) is 8.04. The summed E-state index contributed by atoms with van der Waals surface area (Å²) in [6, 6.07) is 0. The molecule has 28 heavy (non-hydrogen) atoms. The Bertz CT molecular complexity index is 1170. The number of nitrogens with two attached hydrogens (primary N) is 1. The van der Waals surface area contributed by atoms with Crippen molar-refractivity contribution in [2.75, 3.05) is 6.54 Å². The molecular formula is C21H27N3O4. The van der Waals surface area contributed by atoms with Gasteiger partial charge in [-0.25, -0.2) is 5.84 Å². The Balaban J connectivity index is 3.06. The number of allylic oxidation sites excluding steroid dienone is 2. The number of fused-ring (bicyclic) bond motifs is 1. The molecule has 1 heterocycles. The lowest BCUT2D eigenvalue weighted by Crippen LogP contribution is -2.57. The summed E-state index contributed by atoms with van der Waals surface area (Å²) >= 11 is 0. The van der Waals surface area contributed by atoms with Gasteiger partial charge in [-0.1, -0.05) is 26.8 Å². The minimum absolute atomic E-state index is 0.00824. The molecule has 0 aliphatic heterocycles. The highest BCUT2D eigenvalue weighted by molar-refractivity contribution is 5.93. The molecule has 0 saturated heterocycles. The number of benzene rings is 1. The largest absolute Gasteiger partial charge is 0.858 e. The van der Waals surface area contributed by atoms with Crippen LogP contribution in [0.15, 0.2) is 20.5 Å². The fourth-order valence-electron chi connectivity index (χ4n) is 3.71. The van der Waals surface area contributed by atoms with E-state index in [0.29, 0.717) is 17.1 Å². The summed E-state index contributed by atoms with van der Waals surface area (Å²) in [7, 11) is 0. The topological polar surface area (TPSA) is 116 Å². The van der Waals surface area contributed by atoms with Gasteiger partial charge in [-0.05, 0) is 61.6 Å². The van der Waals surface area contributed by atoms with Gasteiger partial charge in [0.25, 0.3) is 10.9 Å². The predicted octanol–water partition coefficient (Wildman–Crippen LogP) is 0.324. The second-order valence-corrected chi connectivity index (χ2v) is 7.72. The lowest BCUT2D eigenvalue weighted by atomic mass is 9.91. The maximum absolute atomic E-state index is 13.1. The van der Waals surface area contributed by atoms with Gasteiger partial charge in [-0.2, -0.15) is 0 Å². The van der Waals surface area contributed by atoms with E-state index in [1.807, 2.05) is 6.08 Å². The molecule has 2 aromatic rings. The first-order chi connectivity index (χ1) is 13.0. The molecule has 0 aliphatic rings. The number of nitrogens with zero attached hydrogens (tertiary/aromatic N) is 2. The van der Waals surface area contributed by atoms with Crippen LogP contribution in [0.3, 0.4) is 0 Å². The zero-order chi connectivity index (χ0) is 21.3. The van der Waals surface area contributed by atoms with Crippen LogP contribution in [0.5, 0.6) is 5.88 Å². The Morgan fingerprint density at radius 2 is 1.79 bits per heavy atom. The van der Waals surface area contributed by atoms with Crippen LogP contribution in [0.1, 0.15) is 52.2 Å². The molecule has 1 aromatic carbocycles. The van der Waals surface area contributed by atoms with Crippen molar-refractivity contribution in [3.63, 3.8) is 0 Å². The van der Waals surface area contributed by atoms with Crippen LogP contribution in [-0.2, 0) is 0 Å². The summed E-state index contributed by atoms with van der Waals surface area (Å²) in [6.07, 6.45) is 2.92. The number of aromatic nitrogens is 1. The van der Waals surface area contributed by atoms with Gasteiger partial charge < -0.3 is 5.11 Å². The molecule has 0 spiro atoms. The Kier molecular flexibility index (Phi) is 6.17. The maximum Gasteiger partial charge on any atom is 0.328 e. The molecule has 2 N–H and O–H groups in total.